The fraction of sp³-hybridized carbons (Fsp3) is 0.471. The molecule has 0 bridgehead atoms. The van der Waals surface area contributed by atoms with Crippen molar-refractivity contribution in [3.63, 3.8) is 0 Å². The lowest BCUT2D eigenvalue weighted by atomic mass is 10.1. The molecule has 2 aromatic heterocycles. The molecule has 21 heavy (non-hydrogen) atoms. The van der Waals surface area contributed by atoms with Gasteiger partial charge in [0.15, 0.2) is 0 Å². The van der Waals surface area contributed by atoms with Crippen LogP contribution in [0.2, 0.25) is 0 Å². The minimum absolute atomic E-state index is 0.101. The van der Waals surface area contributed by atoms with E-state index >= 15 is 0 Å². The van der Waals surface area contributed by atoms with Gasteiger partial charge in [-0.1, -0.05) is 38.3 Å². The smallest absolute Gasteiger partial charge is 0.293 e. The first kappa shape index (κ1) is 17.9. The molecule has 0 aromatic carbocycles. The zero-order valence-corrected chi connectivity index (χ0v) is 14.4. The van der Waals surface area contributed by atoms with E-state index in [1.807, 2.05) is 6.92 Å². The minimum atomic E-state index is 0.101. The summed E-state index contributed by atoms with van der Waals surface area (Å²) in [7, 11) is 0. The molecule has 0 radical (unpaired) electrons. The third-order valence-corrected chi connectivity index (χ3v) is 4.97. The molecule has 0 fully saturated rings. The number of hydrogen-bond acceptors (Lipinski definition) is 4. The van der Waals surface area contributed by atoms with Gasteiger partial charge in [-0.3, -0.25) is 4.79 Å². The van der Waals surface area contributed by atoms with Gasteiger partial charge in [-0.2, -0.15) is 0 Å². The third-order valence-electron chi connectivity index (χ3n) is 3.04. The van der Waals surface area contributed by atoms with Crippen LogP contribution in [0.4, 0.5) is 0 Å². The molecule has 0 N–H and O–H groups in total. The predicted molar refractivity (Wildman–Crippen MR) is 93.0 cm³/mol. The summed E-state index contributed by atoms with van der Waals surface area (Å²) in [5.74, 6) is 0. The first-order chi connectivity index (χ1) is 10.3. The van der Waals surface area contributed by atoms with E-state index in [-0.39, 0.29) is 6.10 Å². The van der Waals surface area contributed by atoms with E-state index in [1.54, 1.807) is 22.7 Å². The molecule has 0 aliphatic rings. The van der Waals surface area contributed by atoms with Crippen LogP contribution < -0.4 is 0 Å². The Morgan fingerprint density at radius 2 is 1.71 bits per heavy atom. The Balaban J connectivity index is 0.000000210. The van der Waals surface area contributed by atoms with Crippen molar-refractivity contribution in [2.75, 3.05) is 0 Å². The number of carbonyl (C=O) groups is 1. The van der Waals surface area contributed by atoms with Gasteiger partial charge in [-0.05, 0) is 42.7 Å². The van der Waals surface area contributed by atoms with Crippen LogP contribution in [-0.2, 0) is 9.53 Å². The molecule has 0 aliphatic heterocycles. The van der Waals surface area contributed by atoms with Crippen LogP contribution >= 0.6 is 22.7 Å². The van der Waals surface area contributed by atoms with Crippen molar-refractivity contribution in [3.05, 3.63) is 35.0 Å². The Kier molecular flexibility index (Phi) is 9.83. The average molecular weight is 325 g/mol. The number of ether oxygens (including phenoxy) is 1. The minimum Gasteiger partial charge on any atom is -0.465 e. The van der Waals surface area contributed by atoms with Gasteiger partial charge in [-0.15, -0.1) is 22.7 Å². The molecule has 2 nitrogen and oxygen atoms in total. The van der Waals surface area contributed by atoms with Crippen LogP contribution in [0.25, 0.3) is 9.75 Å². The van der Waals surface area contributed by atoms with Gasteiger partial charge in [0.25, 0.3) is 6.47 Å². The lowest BCUT2D eigenvalue weighted by Crippen LogP contribution is -2.05. The maximum atomic E-state index is 9.88. The Morgan fingerprint density at radius 1 is 1.10 bits per heavy atom. The summed E-state index contributed by atoms with van der Waals surface area (Å²) in [6, 6.07) is 8.46. The first-order valence-corrected chi connectivity index (χ1v) is 9.20. The van der Waals surface area contributed by atoms with Gasteiger partial charge in [0.05, 0.1) is 6.10 Å². The van der Waals surface area contributed by atoms with Crippen molar-refractivity contribution in [2.24, 2.45) is 0 Å². The largest absolute Gasteiger partial charge is 0.465 e. The van der Waals surface area contributed by atoms with Crippen molar-refractivity contribution in [1.82, 2.24) is 0 Å². The fourth-order valence-corrected chi connectivity index (χ4v) is 3.44. The van der Waals surface area contributed by atoms with E-state index in [4.69, 9.17) is 4.74 Å². The van der Waals surface area contributed by atoms with E-state index in [0.717, 1.165) is 6.42 Å². The topological polar surface area (TPSA) is 26.3 Å². The summed E-state index contributed by atoms with van der Waals surface area (Å²) < 4.78 is 4.74. The maximum absolute atomic E-state index is 9.88. The molecule has 0 aliphatic carbocycles. The molecule has 0 amide bonds. The highest BCUT2D eigenvalue weighted by Gasteiger charge is 1.99. The number of unbranched alkanes of at least 4 members (excludes halogenated alkanes) is 3. The van der Waals surface area contributed by atoms with Crippen molar-refractivity contribution in [3.8, 4) is 9.75 Å². The second kappa shape index (κ2) is 11.5. The Labute approximate surface area is 135 Å². The highest BCUT2D eigenvalue weighted by molar-refractivity contribution is 7.20. The molecule has 1 unspecified atom stereocenters. The van der Waals surface area contributed by atoms with Gasteiger partial charge in [-0.25, -0.2) is 0 Å². The number of hydrogen-bond donors (Lipinski definition) is 0. The highest BCUT2D eigenvalue weighted by Crippen LogP contribution is 2.28. The molecule has 2 aromatic rings. The Hall–Kier alpha value is -1.13. The second-order valence-electron chi connectivity index (χ2n) is 4.85. The fourth-order valence-electron chi connectivity index (χ4n) is 1.86. The molecule has 2 heterocycles. The molecule has 4 heteroatoms. The zero-order valence-electron chi connectivity index (χ0n) is 12.8. The van der Waals surface area contributed by atoms with E-state index in [9.17, 15) is 4.79 Å². The van der Waals surface area contributed by atoms with E-state index in [2.05, 4.69) is 41.9 Å². The summed E-state index contributed by atoms with van der Waals surface area (Å²) in [5, 5.41) is 4.21. The Morgan fingerprint density at radius 3 is 2.14 bits per heavy atom. The van der Waals surface area contributed by atoms with E-state index < -0.39 is 0 Å². The normalized spacial score (nSPS) is 11.3. The quantitative estimate of drug-likeness (QED) is 0.440. The van der Waals surface area contributed by atoms with Crippen LogP contribution in [0.1, 0.15) is 46.0 Å². The first-order valence-electron chi connectivity index (χ1n) is 7.44. The lowest BCUT2D eigenvalue weighted by molar-refractivity contribution is -0.133. The molecule has 0 spiro atoms. The molecule has 0 saturated carbocycles. The van der Waals surface area contributed by atoms with Gasteiger partial charge in [0.1, 0.15) is 0 Å². The molecule has 2 rings (SSSR count). The summed E-state index contributed by atoms with van der Waals surface area (Å²) in [6.07, 6.45) is 6.06. The van der Waals surface area contributed by atoms with E-state index in [1.165, 1.54) is 35.4 Å². The zero-order chi connectivity index (χ0) is 15.3. The molecule has 116 valence electrons. The van der Waals surface area contributed by atoms with Gasteiger partial charge >= 0.3 is 0 Å². The van der Waals surface area contributed by atoms with Crippen molar-refractivity contribution in [1.29, 1.82) is 0 Å². The third kappa shape index (κ3) is 8.02. The number of carbonyl (C=O) groups excluding carboxylic acids is 1. The summed E-state index contributed by atoms with van der Waals surface area (Å²) in [6.45, 7) is 4.65. The van der Waals surface area contributed by atoms with Gasteiger partial charge in [0, 0.05) is 9.75 Å². The monoisotopic (exact) mass is 324 g/mol. The van der Waals surface area contributed by atoms with Crippen LogP contribution in [0, 0.1) is 0 Å². The standard InChI is InChI=1S/C9H18O2.C8H6S2/c1-3-4-5-6-7-9(2)11-8-10;1-3-7(9-5-1)8-4-2-6-10-8/h8-9H,3-7H2,1-2H3;1-6H. The maximum Gasteiger partial charge on any atom is 0.293 e. The lowest BCUT2D eigenvalue weighted by Gasteiger charge is -2.07. The molecular weight excluding hydrogens is 300 g/mol. The van der Waals surface area contributed by atoms with Gasteiger partial charge < -0.3 is 4.74 Å². The van der Waals surface area contributed by atoms with E-state index in [0.29, 0.717) is 6.47 Å². The van der Waals surface area contributed by atoms with Crippen LogP contribution in [0.15, 0.2) is 35.0 Å². The van der Waals surface area contributed by atoms with Crippen molar-refractivity contribution >= 4 is 29.1 Å². The van der Waals surface area contributed by atoms with Gasteiger partial charge in [0.2, 0.25) is 0 Å². The number of rotatable bonds is 8. The highest BCUT2D eigenvalue weighted by atomic mass is 32.1. The van der Waals surface area contributed by atoms with Crippen LogP contribution in [0.5, 0.6) is 0 Å². The number of thiophene rings is 2. The second-order valence-corrected chi connectivity index (χ2v) is 6.74. The Bertz CT molecular complexity index is 417. The average Bonchev–Trinajstić information content (AvgIpc) is 3.16. The summed E-state index contributed by atoms with van der Waals surface area (Å²) in [5.41, 5.74) is 0. The van der Waals surface area contributed by atoms with Crippen molar-refractivity contribution in [2.45, 2.75) is 52.1 Å². The summed E-state index contributed by atoms with van der Waals surface area (Å²) in [4.78, 5) is 12.6. The van der Waals surface area contributed by atoms with Crippen LogP contribution in [-0.4, -0.2) is 12.6 Å². The predicted octanol–water partition coefficient (Wildman–Crippen LogP) is 5.99. The summed E-state index contributed by atoms with van der Waals surface area (Å²) >= 11 is 3.58. The molecule has 1 atom stereocenters. The molecular formula is C17H24O2S2. The van der Waals surface area contributed by atoms with Crippen molar-refractivity contribution < 1.29 is 9.53 Å². The molecule has 0 saturated heterocycles. The van der Waals surface area contributed by atoms with Crippen LogP contribution in [0.3, 0.4) is 0 Å². The SMILES string of the molecule is CCCCCCC(C)OC=O.c1csc(-c2cccs2)c1.